The Labute approximate surface area is 141 Å². The van der Waals surface area contributed by atoms with Gasteiger partial charge >= 0.3 is 0 Å². The Hall–Kier alpha value is -2.44. The Morgan fingerprint density at radius 1 is 1.46 bits per heavy atom. The molecule has 3 rings (SSSR count). The van der Waals surface area contributed by atoms with Crippen LogP contribution in [0.1, 0.15) is 26.0 Å². The van der Waals surface area contributed by atoms with Gasteiger partial charge in [-0.1, -0.05) is 13.8 Å². The summed E-state index contributed by atoms with van der Waals surface area (Å²) in [5.74, 6) is 0.0238. The van der Waals surface area contributed by atoms with Gasteiger partial charge in [-0.15, -0.1) is 0 Å². The third kappa shape index (κ3) is 3.11. The van der Waals surface area contributed by atoms with Crippen molar-refractivity contribution in [3.05, 3.63) is 18.0 Å². The first-order valence-electron chi connectivity index (χ1n) is 8.23. The molecular formula is C17H23N5O2. The minimum absolute atomic E-state index is 0.0560. The summed E-state index contributed by atoms with van der Waals surface area (Å²) in [5.41, 5.74) is 2.29. The zero-order chi connectivity index (χ0) is 17.4. The van der Waals surface area contributed by atoms with Crippen molar-refractivity contribution < 1.29 is 9.59 Å². The maximum atomic E-state index is 12.5. The lowest BCUT2D eigenvalue weighted by molar-refractivity contribution is -0.128. The fourth-order valence-electron chi connectivity index (χ4n) is 3.19. The van der Waals surface area contributed by atoms with Crippen LogP contribution in [0, 0.1) is 18.8 Å². The van der Waals surface area contributed by atoms with Gasteiger partial charge in [0, 0.05) is 31.9 Å². The van der Waals surface area contributed by atoms with Crippen molar-refractivity contribution in [2.75, 3.05) is 18.4 Å². The Balaban J connectivity index is 1.71. The largest absolute Gasteiger partial charge is 0.342 e. The number of hydrogen-bond donors (Lipinski definition) is 1. The highest BCUT2D eigenvalue weighted by molar-refractivity contribution is 5.98. The van der Waals surface area contributed by atoms with Crippen molar-refractivity contribution in [2.45, 2.75) is 27.2 Å². The number of pyridine rings is 1. The van der Waals surface area contributed by atoms with Gasteiger partial charge < -0.3 is 10.2 Å². The molecule has 0 spiro atoms. The molecule has 128 valence electrons. The molecule has 1 saturated heterocycles. The monoisotopic (exact) mass is 329 g/mol. The van der Waals surface area contributed by atoms with Crippen LogP contribution in [0.2, 0.25) is 0 Å². The second-order valence-electron chi connectivity index (χ2n) is 6.89. The minimum atomic E-state index is -0.304. The Morgan fingerprint density at radius 3 is 2.92 bits per heavy atom. The zero-order valence-electron chi connectivity index (χ0n) is 14.5. The van der Waals surface area contributed by atoms with Crippen molar-refractivity contribution >= 4 is 28.5 Å². The van der Waals surface area contributed by atoms with Crippen molar-refractivity contribution in [1.82, 2.24) is 19.7 Å². The molecule has 7 nitrogen and oxygen atoms in total. The van der Waals surface area contributed by atoms with E-state index in [-0.39, 0.29) is 24.2 Å². The topological polar surface area (TPSA) is 80.1 Å². The molecule has 2 aromatic rings. The molecule has 1 N–H and O–H groups in total. The van der Waals surface area contributed by atoms with Gasteiger partial charge in [0.25, 0.3) is 0 Å². The van der Waals surface area contributed by atoms with E-state index in [0.29, 0.717) is 24.7 Å². The molecule has 0 radical (unpaired) electrons. The van der Waals surface area contributed by atoms with Crippen LogP contribution < -0.4 is 5.32 Å². The quantitative estimate of drug-likeness (QED) is 0.926. The minimum Gasteiger partial charge on any atom is -0.342 e. The van der Waals surface area contributed by atoms with Gasteiger partial charge in [-0.25, -0.2) is 4.98 Å². The van der Waals surface area contributed by atoms with Gasteiger partial charge in [0.2, 0.25) is 11.8 Å². The van der Waals surface area contributed by atoms with Crippen LogP contribution in [0.15, 0.2) is 12.3 Å². The van der Waals surface area contributed by atoms with Crippen LogP contribution >= 0.6 is 0 Å². The summed E-state index contributed by atoms with van der Waals surface area (Å²) >= 11 is 0. The van der Waals surface area contributed by atoms with E-state index in [9.17, 15) is 9.59 Å². The number of fused-ring (bicyclic) bond motifs is 1. The molecule has 24 heavy (non-hydrogen) atoms. The molecule has 1 fully saturated rings. The first-order valence-corrected chi connectivity index (χ1v) is 8.23. The van der Waals surface area contributed by atoms with Gasteiger partial charge in [0.15, 0.2) is 5.65 Å². The number of nitrogens with zero attached hydrogens (tertiary/aromatic N) is 4. The van der Waals surface area contributed by atoms with E-state index in [1.807, 2.05) is 20.0 Å². The van der Waals surface area contributed by atoms with E-state index in [1.165, 1.54) is 0 Å². The number of amides is 2. The van der Waals surface area contributed by atoms with Crippen LogP contribution in [-0.4, -0.2) is 44.6 Å². The first-order chi connectivity index (χ1) is 11.3. The molecule has 0 unspecified atom stereocenters. The number of hydrogen-bond acceptors (Lipinski definition) is 4. The predicted molar refractivity (Wildman–Crippen MR) is 91.4 cm³/mol. The van der Waals surface area contributed by atoms with Gasteiger partial charge in [-0.05, 0) is 18.9 Å². The van der Waals surface area contributed by atoms with E-state index < -0.39 is 0 Å². The smallest absolute Gasteiger partial charge is 0.229 e. The summed E-state index contributed by atoms with van der Waals surface area (Å²) in [4.78, 5) is 30.6. The summed E-state index contributed by atoms with van der Waals surface area (Å²) in [6, 6.07) is 1.88. The molecule has 2 aromatic heterocycles. The number of rotatable bonds is 4. The van der Waals surface area contributed by atoms with Crippen LogP contribution in [0.4, 0.5) is 5.69 Å². The molecule has 0 aliphatic carbocycles. The van der Waals surface area contributed by atoms with E-state index >= 15 is 0 Å². The third-order valence-corrected chi connectivity index (χ3v) is 4.30. The first kappa shape index (κ1) is 16.4. The number of aromatic nitrogens is 3. The van der Waals surface area contributed by atoms with Gasteiger partial charge in [0.1, 0.15) is 0 Å². The zero-order valence-corrected chi connectivity index (χ0v) is 14.5. The predicted octanol–water partition coefficient (Wildman–Crippen LogP) is 1.72. The third-order valence-electron chi connectivity index (χ3n) is 4.30. The van der Waals surface area contributed by atoms with Crippen LogP contribution in [0.25, 0.3) is 11.0 Å². The summed E-state index contributed by atoms with van der Waals surface area (Å²) < 4.78 is 1.72. The number of nitrogens with one attached hydrogen (secondary N) is 1. The molecule has 0 saturated carbocycles. The Bertz CT molecular complexity index is 796. The number of carbonyl (C=O) groups is 2. The van der Waals surface area contributed by atoms with E-state index in [4.69, 9.17) is 0 Å². The van der Waals surface area contributed by atoms with E-state index in [2.05, 4.69) is 29.2 Å². The molecule has 1 aliphatic heterocycles. The fourth-order valence-corrected chi connectivity index (χ4v) is 3.19. The highest BCUT2D eigenvalue weighted by Gasteiger charge is 2.34. The fraction of sp³-hybridized carbons (Fsp3) is 0.529. The van der Waals surface area contributed by atoms with Crippen molar-refractivity contribution in [3.8, 4) is 0 Å². The number of carbonyl (C=O) groups excluding carboxylic acids is 2. The van der Waals surface area contributed by atoms with Crippen LogP contribution in [0.5, 0.6) is 0 Å². The molecule has 0 aromatic carbocycles. The van der Waals surface area contributed by atoms with E-state index in [1.54, 1.807) is 15.8 Å². The average molecular weight is 329 g/mol. The van der Waals surface area contributed by atoms with Gasteiger partial charge in [0.05, 0.1) is 23.5 Å². The molecule has 1 atom stereocenters. The molecule has 3 heterocycles. The second-order valence-corrected chi connectivity index (χ2v) is 6.89. The Morgan fingerprint density at radius 2 is 2.21 bits per heavy atom. The molecular weight excluding hydrogens is 306 g/mol. The van der Waals surface area contributed by atoms with Gasteiger partial charge in [-0.3, -0.25) is 14.3 Å². The van der Waals surface area contributed by atoms with Crippen molar-refractivity contribution in [3.63, 3.8) is 0 Å². The van der Waals surface area contributed by atoms with Crippen molar-refractivity contribution in [1.29, 1.82) is 0 Å². The normalized spacial score (nSPS) is 18.0. The summed E-state index contributed by atoms with van der Waals surface area (Å²) in [6.45, 7) is 7.24. The van der Waals surface area contributed by atoms with Crippen molar-refractivity contribution in [2.24, 2.45) is 18.9 Å². The maximum Gasteiger partial charge on any atom is 0.229 e. The standard InChI is InChI=1S/C17H23N5O2/c1-10(2)8-22-9-12(5-15(22)23)17(24)19-13-6-14-11(3)20-21(4)16(14)18-7-13/h6-7,10,12H,5,8-9H2,1-4H3,(H,19,24)/t12-/m1/s1. The summed E-state index contributed by atoms with van der Waals surface area (Å²) in [5, 5.41) is 8.13. The van der Waals surface area contributed by atoms with Crippen LogP contribution in [-0.2, 0) is 16.6 Å². The maximum absolute atomic E-state index is 12.5. The lowest BCUT2D eigenvalue weighted by atomic mass is 10.1. The SMILES string of the molecule is Cc1nn(C)c2ncc(NC(=O)[C@@H]3CC(=O)N(CC(C)C)C3)cc12. The molecule has 1 aliphatic rings. The summed E-state index contributed by atoms with van der Waals surface area (Å²) in [6.07, 6.45) is 1.91. The molecule has 2 amide bonds. The second kappa shape index (κ2) is 6.22. The lowest BCUT2D eigenvalue weighted by Gasteiger charge is -2.18. The average Bonchev–Trinajstić information content (AvgIpc) is 3.00. The summed E-state index contributed by atoms with van der Waals surface area (Å²) in [7, 11) is 1.84. The lowest BCUT2D eigenvalue weighted by Crippen LogP contribution is -2.31. The number of anilines is 1. The van der Waals surface area contributed by atoms with Crippen LogP contribution in [0.3, 0.4) is 0 Å². The molecule has 0 bridgehead atoms. The molecule has 7 heteroatoms. The number of aryl methyl sites for hydroxylation is 2. The highest BCUT2D eigenvalue weighted by Crippen LogP contribution is 2.23. The van der Waals surface area contributed by atoms with E-state index in [0.717, 1.165) is 16.7 Å². The Kier molecular flexibility index (Phi) is 4.26. The van der Waals surface area contributed by atoms with Gasteiger partial charge in [-0.2, -0.15) is 5.10 Å². The number of likely N-dealkylation sites (tertiary alicyclic amines) is 1. The highest BCUT2D eigenvalue weighted by atomic mass is 16.2.